The predicted octanol–water partition coefficient (Wildman–Crippen LogP) is 6.51. The number of unbranched alkanes of at least 4 members (excludes halogenated alkanes) is 2. The van der Waals surface area contributed by atoms with Crippen molar-refractivity contribution in [3.63, 3.8) is 0 Å². The number of alkyl halides is 2. The number of benzene rings is 2. The van der Waals surface area contributed by atoms with Gasteiger partial charge in [0.1, 0.15) is 11.9 Å². The molecule has 4 aromatic heterocycles. The van der Waals surface area contributed by atoms with E-state index in [0.717, 1.165) is 54.9 Å². The Kier molecular flexibility index (Phi) is 16.4. The molecule has 0 saturated heterocycles. The Morgan fingerprint density at radius 3 is 1.65 bits per heavy atom. The van der Waals surface area contributed by atoms with Gasteiger partial charge >= 0.3 is 11.4 Å². The highest BCUT2D eigenvalue weighted by Crippen LogP contribution is 2.24. The number of aryl methyl sites for hydroxylation is 2. The van der Waals surface area contributed by atoms with E-state index in [0.29, 0.717) is 42.9 Å². The van der Waals surface area contributed by atoms with E-state index < -0.39 is 28.6 Å². The molecule has 0 radical (unpaired) electrons. The molecular weight excluding hydrogens is 907 g/mol. The molecule has 6 aromatic rings. The number of rotatable bonds is 12. The van der Waals surface area contributed by atoms with Crippen molar-refractivity contribution in [2.75, 3.05) is 5.34 Å². The van der Waals surface area contributed by atoms with Crippen molar-refractivity contribution in [2.45, 2.75) is 71.6 Å². The monoisotopic (exact) mass is 950 g/mol. The van der Waals surface area contributed by atoms with Gasteiger partial charge in [-0.2, -0.15) is 0 Å². The van der Waals surface area contributed by atoms with E-state index in [9.17, 15) is 29.1 Å². The molecule has 306 valence electrons. The van der Waals surface area contributed by atoms with Crippen LogP contribution in [-0.2, 0) is 41.3 Å². The Morgan fingerprint density at radius 1 is 0.719 bits per heavy atom. The van der Waals surface area contributed by atoms with E-state index in [1.54, 1.807) is 23.2 Å². The minimum Gasteiger partial charge on any atom is -0.385 e. The van der Waals surface area contributed by atoms with Crippen LogP contribution in [0.4, 0.5) is 0 Å². The molecule has 57 heavy (non-hydrogen) atoms. The van der Waals surface area contributed by atoms with Crippen LogP contribution in [0.2, 0.25) is 0 Å². The van der Waals surface area contributed by atoms with E-state index in [2.05, 4.69) is 48.8 Å². The number of imidazole rings is 2. The summed E-state index contributed by atoms with van der Waals surface area (Å²) in [6.07, 6.45) is 3.53. The summed E-state index contributed by atoms with van der Waals surface area (Å²) in [7, 11) is 6.02. The molecule has 1 atom stereocenters. The second-order valence-corrected chi connectivity index (χ2v) is 16.0. The van der Waals surface area contributed by atoms with Crippen LogP contribution in [0.5, 0.6) is 0 Å². The largest absolute Gasteiger partial charge is 0.385 e. The van der Waals surface area contributed by atoms with Gasteiger partial charge in [0.05, 0.1) is 11.9 Å². The first kappa shape index (κ1) is 45.6. The molecule has 18 heteroatoms. The van der Waals surface area contributed by atoms with Crippen LogP contribution in [0.25, 0.3) is 22.3 Å². The molecule has 14 nitrogen and oxygen atoms in total. The maximum atomic E-state index is 12.8. The summed E-state index contributed by atoms with van der Waals surface area (Å²) in [5.74, 6) is 0.506. The summed E-state index contributed by atoms with van der Waals surface area (Å²) in [5, 5.41) is 10.9. The van der Waals surface area contributed by atoms with E-state index in [1.165, 1.54) is 23.2 Å². The summed E-state index contributed by atoms with van der Waals surface area (Å²) >= 11 is 16.4. The van der Waals surface area contributed by atoms with Crippen LogP contribution in [0.3, 0.4) is 0 Å². The Bertz CT molecular complexity index is 2620. The lowest BCUT2D eigenvalue weighted by atomic mass is 10.1. The van der Waals surface area contributed by atoms with Gasteiger partial charge in [-0.25, -0.2) is 19.6 Å². The Hall–Kier alpha value is -4.09. The maximum absolute atomic E-state index is 12.8. The van der Waals surface area contributed by atoms with Crippen LogP contribution in [0.15, 0.2) is 76.7 Å². The summed E-state index contributed by atoms with van der Waals surface area (Å²) in [6, 6.07) is 15.4. The molecule has 0 aliphatic heterocycles. The van der Waals surface area contributed by atoms with Crippen molar-refractivity contribution in [1.82, 2.24) is 37.4 Å². The van der Waals surface area contributed by atoms with Crippen molar-refractivity contribution in [3.05, 3.63) is 122 Å². The van der Waals surface area contributed by atoms with Gasteiger partial charge in [-0.3, -0.25) is 32.7 Å². The van der Waals surface area contributed by atoms with Gasteiger partial charge in [0, 0.05) is 50.1 Å². The number of aromatic nitrogens is 8. The second kappa shape index (κ2) is 20.6. The van der Waals surface area contributed by atoms with Crippen molar-refractivity contribution >= 4 is 83.2 Å². The highest BCUT2D eigenvalue weighted by atomic mass is 79.9. The van der Waals surface area contributed by atoms with E-state index in [-0.39, 0.29) is 28.1 Å². The summed E-state index contributed by atoms with van der Waals surface area (Å²) in [6.45, 7) is 4.76. The zero-order valence-corrected chi connectivity index (χ0v) is 37.3. The first-order chi connectivity index (χ1) is 27.1. The van der Waals surface area contributed by atoms with Crippen molar-refractivity contribution in [3.8, 4) is 0 Å². The van der Waals surface area contributed by atoms with Crippen molar-refractivity contribution in [1.29, 1.82) is 0 Å². The lowest BCUT2D eigenvalue weighted by molar-refractivity contribution is 0.0966. The average molecular weight is 954 g/mol. The Labute approximate surface area is 355 Å². The zero-order valence-electron chi connectivity index (χ0n) is 32.6. The highest BCUT2D eigenvalue weighted by molar-refractivity contribution is 9.10. The highest BCUT2D eigenvalue weighted by Gasteiger charge is 2.25. The van der Waals surface area contributed by atoms with Gasteiger partial charge in [-0.1, -0.05) is 89.2 Å². The topological polar surface area (TPSA) is 161 Å². The third kappa shape index (κ3) is 10.3. The van der Waals surface area contributed by atoms with Gasteiger partial charge < -0.3 is 14.2 Å². The molecule has 6 rings (SSSR count). The number of carbonyl (C=O) groups is 1. The quantitative estimate of drug-likeness (QED) is 0.107. The van der Waals surface area contributed by atoms with Gasteiger partial charge in [-0.15, -0.1) is 23.2 Å². The van der Waals surface area contributed by atoms with Crippen LogP contribution in [0.1, 0.15) is 86.0 Å². The number of aliphatic hydroxyl groups excluding tert-OH is 1. The third-order valence-electron chi connectivity index (χ3n) is 9.32. The SMILES string of the molecule is CCCCC(=O)c1nc2c(c(=O)n(C)c(=O)n2C)n1Cc1cccc(Br)c1.CCCCC(O)c1nc2c(c(=O)n(C)c(=O)n2C)n1Cc1cccc(Br)c1.ClCCl. The fraction of sp³-hybridized carbons (Fsp3) is 0.410. The summed E-state index contributed by atoms with van der Waals surface area (Å²) < 4.78 is 9.98. The van der Waals surface area contributed by atoms with Crippen molar-refractivity contribution < 1.29 is 9.90 Å². The van der Waals surface area contributed by atoms with E-state index in [1.807, 2.05) is 55.5 Å². The van der Waals surface area contributed by atoms with Gasteiger partial charge in [0.25, 0.3) is 11.1 Å². The third-order valence-corrected chi connectivity index (χ3v) is 10.3. The summed E-state index contributed by atoms with van der Waals surface area (Å²) in [5.41, 5.74) is 1.23. The average Bonchev–Trinajstić information content (AvgIpc) is 3.75. The number of aliphatic hydroxyl groups is 1. The normalized spacial score (nSPS) is 11.6. The van der Waals surface area contributed by atoms with Gasteiger partial charge in [0.15, 0.2) is 33.9 Å². The first-order valence-corrected chi connectivity index (χ1v) is 20.9. The molecule has 0 aliphatic rings. The lowest BCUT2D eigenvalue weighted by Gasteiger charge is -2.14. The molecule has 2 aromatic carbocycles. The predicted molar refractivity (Wildman–Crippen MR) is 232 cm³/mol. The van der Waals surface area contributed by atoms with E-state index in [4.69, 9.17) is 23.2 Å². The molecule has 1 N–H and O–H groups in total. The van der Waals surface area contributed by atoms with Gasteiger partial charge in [0.2, 0.25) is 0 Å². The Morgan fingerprint density at radius 2 is 1.18 bits per heavy atom. The maximum Gasteiger partial charge on any atom is 0.332 e. The van der Waals surface area contributed by atoms with Crippen molar-refractivity contribution in [2.24, 2.45) is 28.2 Å². The fourth-order valence-corrected chi connectivity index (χ4v) is 7.20. The smallest absolute Gasteiger partial charge is 0.332 e. The molecule has 0 bridgehead atoms. The number of ketones is 1. The molecule has 0 spiro atoms. The number of Topliss-reactive ketones (excluding diaryl/α,β-unsaturated/α-hetero) is 1. The lowest BCUT2D eigenvalue weighted by Crippen LogP contribution is -2.37. The minimum absolute atomic E-state index is 0.127. The standard InChI is InChI=1S/C19H23BrN4O3.C19H21BrN4O3.CH2Cl2/c2*1-4-5-9-14(25)16-21-17-15(18(26)23(3)19(27)22(17)2)24(16)11-12-7-6-8-13(20)10-12;2-1-3/h6-8,10,14,25H,4-5,9,11H2,1-3H3;6-8,10H,4-5,9,11H2,1-3H3;1H2. The molecule has 0 fully saturated rings. The molecule has 0 aliphatic carbocycles. The van der Waals surface area contributed by atoms with E-state index >= 15 is 0 Å². The van der Waals surface area contributed by atoms with Crippen LogP contribution >= 0.6 is 55.1 Å². The number of fused-ring (bicyclic) bond motifs is 2. The first-order valence-electron chi connectivity index (χ1n) is 18.3. The Balaban J connectivity index is 0.000000236. The van der Waals surface area contributed by atoms with Crippen LogP contribution in [-0.4, -0.2) is 53.6 Å². The second-order valence-electron chi connectivity index (χ2n) is 13.4. The minimum atomic E-state index is -0.802. The number of hydrogen-bond acceptors (Lipinski definition) is 8. The van der Waals surface area contributed by atoms with Crippen LogP contribution in [0, 0.1) is 0 Å². The molecule has 1 unspecified atom stereocenters. The fourth-order valence-electron chi connectivity index (χ4n) is 6.30. The number of halogens is 4. The zero-order chi connectivity index (χ0) is 42.1. The molecule has 0 amide bonds. The number of nitrogens with zero attached hydrogens (tertiary/aromatic N) is 8. The molecule has 0 saturated carbocycles. The summed E-state index contributed by atoms with van der Waals surface area (Å²) in [4.78, 5) is 71.8. The number of hydrogen-bond donors (Lipinski definition) is 1. The van der Waals surface area contributed by atoms with Crippen LogP contribution < -0.4 is 22.5 Å². The molecular formula is C39H46Br2Cl2N8O6. The number of carbonyl (C=O) groups excluding carboxylic acids is 1. The van der Waals surface area contributed by atoms with Gasteiger partial charge in [-0.05, 0) is 48.2 Å². The molecule has 4 heterocycles.